The maximum absolute atomic E-state index is 5.27. The van der Waals surface area contributed by atoms with Gasteiger partial charge in [-0.2, -0.15) is 0 Å². The first-order chi connectivity index (χ1) is 4.92. The van der Waals surface area contributed by atoms with Crippen LogP contribution in [0.25, 0.3) is 0 Å². The molecule has 2 aliphatic rings. The topological polar surface area (TPSA) is 27.7 Å². The standard InChI is InChI=1S/C7H10O3/c1-8-7-5-2-3-9-6(5)4-10-7/h4-5,7H,2-3H2,1H3/t5-,7-/m0/s1. The van der Waals surface area contributed by atoms with Gasteiger partial charge in [-0.15, -0.1) is 0 Å². The summed E-state index contributed by atoms with van der Waals surface area (Å²) >= 11 is 0. The van der Waals surface area contributed by atoms with E-state index in [1.54, 1.807) is 13.4 Å². The molecule has 2 aliphatic heterocycles. The molecule has 1 saturated heterocycles. The predicted molar refractivity (Wildman–Crippen MR) is 34.0 cm³/mol. The number of rotatable bonds is 1. The Morgan fingerprint density at radius 1 is 1.70 bits per heavy atom. The molecule has 2 rings (SSSR count). The minimum atomic E-state index is -0.0995. The van der Waals surface area contributed by atoms with E-state index in [0.29, 0.717) is 5.92 Å². The van der Waals surface area contributed by atoms with Crippen molar-refractivity contribution in [3.8, 4) is 0 Å². The molecule has 1 fully saturated rings. The lowest BCUT2D eigenvalue weighted by Crippen LogP contribution is -2.18. The molecule has 0 aromatic carbocycles. The zero-order chi connectivity index (χ0) is 6.97. The number of ether oxygens (including phenoxy) is 3. The Bertz CT molecular complexity index is 164. The molecular weight excluding hydrogens is 132 g/mol. The van der Waals surface area contributed by atoms with Crippen LogP contribution in [0, 0.1) is 5.92 Å². The van der Waals surface area contributed by atoms with Crippen LogP contribution in [0.3, 0.4) is 0 Å². The van der Waals surface area contributed by atoms with Crippen molar-refractivity contribution < 1.29 is 14.2 Å². The van der Waals surface area contributed by atoms with E-state index < -0.39 is 0 Å². The molecule has 3 nitrogen and oxygen atoms in total. The highest BCUT2D eigenvalue weighted by Gasteiger charge is 2.37. The highest BCUT2D eigenvalue weighted by Crippen LogP contribution is 2.34. The quantitative estimate of drug-likeness (QED) is 0.543. The van der Waals surface area contributed by atoms with Gasteiger partial charge in [0.2, 0.25) is 6.29 Å². The summed E-state index contributed by atoms with van der Waals surface area (Å²) in [5, 5.41) is 0. The minimum Gasteiger partial charge on any atom is -0.494 e. The third-order valence-corrected chi connectivity index (χ3v) is 1.94. The van der Waals surface area contributed by atoms with Gasteiger partial charge in [-0.05, 0) is 6.42 Å². The Kier molecular flexibility index (Phi) is 1.31. The van der Waals surface area contributed by atoms with Crippen LogP contribution in [-0.4, -0.2) is 20.0 Å². The molecule has 2 heterocycles. The average molecular weight is 142 g/mol. The van der Waals surface area contributed by atoms with Gasteiger partial charge in [-0.3, -0.25) is 0 Å². The maximum Gasteiger partial charge on any atom is 0.209 e. The van der Waals surface area contributed by atoms with Crippen LogP contribution in [0.5, 0.6) is 0 Å². The third-order valence-electron chi connectivity index (χ3n) is 1.94. The second kappa shape index (κ2) is 2.16. The van der Waals surface area contributed by atoms with E-state index in [1.165, 1.54) is 0 Å². The minimum absolute atomic E-state index is 0.0995. The van der Waals surface area contributed by atoms with Crippen molar-refractivity contribution in [2.75, 3.05) is 13.7 Å². The number of methoxy groups -OCH3 is 1. The first-order valence-electron chi connectivity index (χ1n) is 3.43. The van der Waals surface area contributed by atoms with E-state index in [0.717, 1.165) is 18.8 Å². The lowest BCUT2D eigenvalue weighted by molar-refractivity contribution is -0.0921. The maximum atomic E-state index is 5.27. The summed E-state index contributed by atoms with van der Waals surface area (Å²) in [5.41, 5.74) is 0. The van der Waals surface area contributed by atoms with Gasteiger partial charge < -0.3 is 14.2 Å². The fourth-order valence-corrected chi connectivity index (χ4v) is 1.39. The monoisotopic (exact) mass is 142 g/mol. The highest BCUT2D eigenvalue weighted by atomic mass is 16.7. The van der Waals surface area contributed by atoms with Crippen LogP contribution in [0.15, 0.2) is 12.0 Å². The van der Waals surface area contributed by atoms with Crippen molar-refractivity contribution in [3.05, 3.63) is 12.0 Å². The highest BCUT2D eigenvalue weighted by molar-refractivity contribution is 5.05. The van der Waals surface area contributed by atoms with E-state index in [1.807, 2.05) is 0 Å². The second-order valence-corrected chi connectivity index (χ2v) is 2.50. The van der Waals surface area contributed by atoms with Crippen molar-refractivity contribution in [1.29, 1.82) is 0 Å². The van der Waals surface area contributed by atoms with Crippen LogP contribution < -0.4 is 0 Å². The van der Waals surface area contributed by atoms with Gasteiger partial charge in [-0.1, -0.05) is 0 Å². The molecule has 0 aromatic heterocycles. The number of hydrogen-bond donors (Lipinski definition) is 0. The number of hydrogen-bond acceptors (Lipinski definition) is 3. The normalized spacial score (nSPS) is 36.3. The zero-order valence-corrected chi connectivity index (χ0v) is 5.87. The average Bonchev–Trinajstić information content (AvgIpc) is 2.44. The molecule has 0 aliphatic carbocycles. The van der Waals surface area contributed by atoms with Gasteiger partial charge in [0.05, 0.1) is 12.5 Å². The van der Waals surface area contributed by atoms with E-state index in [-0.39, 0.29) is 6.29 Å². The predicted octanol–water partition coefficient (Wildman–Crippen LogP) is 0.867. The molecule has 0 unspecified atom stereocenters. The smallest absolute Gasteiger partial charge is 0.209 e. The van der Waals surface area contributed by atoms with Crippen LogP contribution in [0.4, 0.5) is 0 Å². The summed E-state index contributed by atoms with van der Waals surface area (Å²) < 4.78 is 15.5. The van der Waals surface area contributed by atoms with E-state index in [9.17, 15) is 0 Å². The number of fused-ring (bicyclic) bond motifs is 1. The van der Waals surface area contributed by atoms with Crippen LogP contribution in [-0.2, 0) is 14.2 Å². The zero-order valence-electron chi connectivity index (χ0n) is 5.87. The van der Waals surface area contributed by atoms with Crippen molar-refractivity contribution in [1.82, 2.24) is 0 Å². The first kappa shape index (κ1) is 6.04. The molecule has 3 heteroatoms. The summed E-state index contributed by atoms with van der Waals surface area (Å²) in [5.74, 6) is 1.30. The molecule has 0 saturated carbocycles. The molecule has 0 bridgehead atoms. The molecular formula is C7H10O3. The molecule has 56 valence electrons. The lowest BCUT2D eigenvalue weighted by atomic mass is 10.1. The van der Waals surface area contributed by atoms with Gasteiger partial charge in [0.1, 0.15) is 12.0 Å². The second-order valence-electron chi connectivity index (χ2n) is 2.50. The Labute approximate surface area is 59.6 Å². The van der Waals surface area contributed by atoms with Crippen molar-refractivity contribution in [2.45, 2.75) is 12.7 Å². The Hall–Kier alpha value is -0.700. The lowest BCUT2D eigenvalue weighted by Gasteiger charge is -2.12. The molecule has 2 atom stereocenters. The van der Waals surface area contributed by atoms with Crippen LogP contribution in [0.1, 0.15) is 6.42 Å². The fraction of sp³-hybridized carbons (Fsp3) is 0.714. The van der Waals surface area contributed by atoms with Crippen LogP contribution >= 0.6 is 0 Å². The van der Waals surface area contributed by atoms with Gasteiger partial charge in [0, 0.05) is 7.11 Å². The molecule has 0 spiro atoms. The molecule has 0 aromatic rings. The summed E-state index contributed by atoms with van der Waals surface area (Å²) in [6, 6.07) is 0. The van der Waals surface area contributed by atoms with Gasteiger partial charge in [0.15, 0.2) is 0 Å². The molecule has 10 heavy (non-hydrogen) atoms. The largest absolute Gasteiger partial charge is 0.494 e. The molecule has 0 radical (unpaired) electrons. The molecule has 0 amide bonds. The van der Waals surface area contributed by atoms with Gasteiger partial charge >= 0.3 is 0 Å². The van der Waals surface area contributed by atoms with Crippen LogP contribution in [0.2, 0.25) is 0 Å². The fourth-order valence-electron chi connectivity index (χ4n) is 1.39. The SMILES string of the molecule is CO[C@H]1OC=C2OCC[C@@H]21. The van der Waals surface area contributed by atoms with E-state index in [2.05, 4.69) is 0 Å². The van der Waals surface area contributed by atoms with E-state index in [4.69, 9.17) is 14.2 Å². The summed E-state index contributed by atoms with van der Waals surface area (Å²) in [6.45, 7) is 0.805. The van der Waals surface area contributed by atoms with E-state index >= 15 is 0 Å². The third kappa shape index (κ3) is 0.703. The summed E-state index contributed by atoms with van der Waals surface area (Å²) in [7, 11) is 1.65. The summed E-state index contributed by atoms with van der Waals surface area (Å²) in [6.07, 6.45) is 2.58. The summed E-state index contributed by atoms with van der Waals surface area (Å²) in [4.78, 5) is 0. The van der Waals surface area contributed by atoms with Crippen molar-refractivity contribution in [2.24, 2.45) is 5.92 Å². The van der Waals surface area contributed by atoms with Crippen molar-refractivity contribution >= 4 is 0 Å². The Morgan fingerprint density at radius 3 is 3.40 bits per heavy atom. The Balaban J connectivity index is 2.10. The Morgan fingerprint density at radius 2 is 2.60 bits per heavy atom. The van der Waals surface area contributed by atoms with Gasteiger partial charge in [-0.25, -0.2) is 0 Å². The van der Waals surface area contributed by atoms with Crippen molar-refractivity contribution in [3.63, 3.8) is 0 Å². The molecule has 0 N–H and O–H groups in total. The van der Waals surface area contributed by atoms with Gasteiger partial charge in [0.25, 0.3) is 0 Å². The first-order valence-corrected chi connectivity index (χ1v) is 3.43.